The number of amides is 1. The van der Waals surface area contributed by atoms with Crippen LogP contribution < -0.4 is 10.2 Å². The Morgan fingerprint density at radius 2 is 1.87 bits per heavy atom. The van der Waals surface area contributed by atoms with E-state index in [0.29, 0.717) is 18.5 Å². The summed E-state index contributed by atoms with van der Waals surface area (Å²) in [4.78, 5) is 14.1. The highest BCUT2D eigenvalue weighted by Crippen LogP contribution is 2.09. The number of anilines is 1. The lowest BCUT2D eigenvalue weighted by atomic mass is 10.1. The van der Waals surface area contributed by atoms with Gasteiger partial charge in [-0.1, -0.05) is 18.2 Å². The minimum atomic E-state index is -0.306. The molecular formula is C17H21FN4O. The molecule has 23 heavy (non-hydrogen) atoms. The van der Waals surface area contributed by atoms with Gasteiger partial charge in [0.1, 0.15) is 5.82 Å². The van der Waals surface area contributed by atoms with Gasteiger partial charge in [-0.2, -0.15) is 0 Å². The molecule has 0 atom stereocenters. The van der Waals surface area contributed by atoms with Crippen LogP contribution in [-0.2, 0) is 6.42 Å². The predicted octanol–water partition coefficient (Wildman–Crippen LogP) is 2.43. The molecule has 2 rings (SSSR count). The van der Waals surface area contributed by atoms with Gasteiger partial charge in [0.2, 0.25) is 0 Å². The summed E-state index contributed by atoms with van der Waals surface area (Å²) in [6.07, 6.45) is 0.434. The van der Waals surface area contributed by atoms with Gasteiger partial charge in [-0.15, -0.1) is 10.2 Å². The maximum Gasteiger partial charge on any atom is 0.271 e. The molecule has 0 radical (unpaired) electrons. The van der Waals surface area contributed by atoms with Gasteiger partial charge >= 0.3 is 0 Å². The molecule has 5 nitrogen and oxygen atoms in total. The number of carbonyl (C=O) groups excluding carboxylic acids is 1. The molecule has 0 aliphatic heterocycles. The summed E-state index contributed by atoms with van der Waals surface area (Å²) in [5, 5.41) is 10.8. The normalized spacial score (nSPS) is 10.4. The Bertz CT molecular complexity index is 641. The summed E-state index contributed by atoms with van der Waals surface area (Å²) < 4.78 is 13.5. The van der Waals surface area contributed by atoms with Gasteiger partial charge in [-0.05, 0) is 44.0 Å². The van der Waals surface area contributed by atoms with Gasteiger partial charge in [0, 0.05) is 19.6 Å². The fourth-order valence-electron chi connectivity index (χ4n) is 2.26. The molecule has 0 spiro atoms. The van der Waals surface area contributed by atoms with Crippen LogP contribution in [0.15, 0.2) is 36.4 Å². The largest absolute Gasteiger partial charge is 0.356 e. The monoisotopic (exact) mass is 316 g/mol. The first-order valence-electron chi connectivity index (χ1n) is 7.76. The second-order valence-corrected chi connectivity index (χ2v) is 5.05. The molecule has 1 aromatic heterocycles. The Hall–Kier alpha value is -2.50. The van der Waals surface area contributed by atoms with Crippen LogP contribution in [0.5, 0.6) is 0 Å². The molecule has 1 amide bonds. The number of nitrogens with zero attached hydrogens (tertiary/aromatic N) is 3. The molecular weight excluding hydrogens is 295 g/mol. The summed E-state index contributed by atoms with van der Waals surface area (Å²) >= 11 is 0. The van der Waals surface area contributed by atoms with E-state index in [1.165, 1.54) is 6.07 Å². The molecule has 122 valence electrons. The molecule has 2 aromatic rings. The Kier molecular flexibility index (Phi) is 6.02. The molecule has 0 aliphatic rings. The summed E-state index contributed by atoms with van der Waals surface area (Å²) in [7, 11) is 0. The van der Waals surface area contributed by atoms with Crippen molar-refractivity contribution in [2.75, 3.05) is 24.5 Å². The zero-order valence-corrected chi connectivity index (χ0v) is 13.4. The SMILES string of the molecule is CCN(CC)c1ccc(C(=O)NCCc2ccccc2F)nn1. The van der Waals surface area contributed by atoms with E-state index >= 15 is 0 Å². The number of halogens is 1. The number of carbonyl (C=O) groups is 1. The average Bonchev–Trinajstić information content (AvgIpc) is 2.58. The smallest absolute Gasteiger partial charge is 0.271 e. The van der Waals surface area contributed by atoms with E-state index in [1.807, 2.05) is 18.7 Å². The predicted molar refractivity (Wildman–Crippen MR) is 88.0 cm³/mol. The molecule has 0 bridgehead atoms. The van der Waals surface area contributed by atoms with Crippen molar-refractivity contribution in [2.24, 2.45) is 0 Å². The number of hydrogen-bond acceptors (Lipinski definition) is 4. The van der Waals surface area contributed by atoms with Crippen LogP contribution in [0.25, 0.3) is 0 Å². The lowest BCUT2D eigenvalue weighted by Crippen LogP contribution is -2.28. The summed E-state index contributed by atoms with van der Waals surface area (Å²) in [6, 6.07) is 9.97. The highest BCUT2D eigenvalue weighted by Gasteiger charge is 2.10. The van der Waals surface area contributed by atoms with Gasteiger partial charge in [0.05, 0.1) is 0 Å². The number of hydrogen-bond donors (Lipinski definition) is 1. The highest BCUT2D eigenvalue weighted by molar-refractivity contribution is 5.92. The molecule has 0 unspecified atom stereocenters. The lowest BCUT2D eigenvalue weighted by Gasteiger charge is -2.18. The molecule has 1 N–H and O–H groups in total. The van der Waals surface area contributed by atoms with Crippen LogP contribution in [0, 0.1) is 5.82 Å². The number of nitrogens with one attached hydrogen (secondary N) is 1. The molecule has 0 saturated heterocycles. The Balaban J connectivity index is 1.89. The number of rotatable bonds is 7. The van der Waals surface area contributed by atoms with Crippen molar-refractivity contribution in [3.8, 4) is 0 Å². The first kappa shape index (κ1) is 16.9. The van der Waals surface area contributed by atoms with Crippen molar-refractivity contribution in [1.82, 2.24) is 15.5 Å². The third-order valence-corrected chi connectivity index (χ3v) is 3.61. The van der Waals surface area contributed by atoms with E-state index in [4.69, 9.17) is 0 Å². The molecule has 0 saturated carbocycles. The molecule has 0 aliphatic carbocycles. The van der Waals surface area contributed by atoms with E-state index in [2.05, 4.69) is 15.5 Å². The van der Waals surface area contributed by atoms with Crippen LogP contribution in [-0.4, -0.2) is 35.7 Å². The minimum Gasteiger partial charge on any atom is -0.356 e. The molecule has 6 heteroatoms. The van der Waals surface area contributed by atoms with E-state index in [-0.39, 0.29) is 17.4 Å². The van der Waals surface area contributed by atoms with E-state index in [0.717, 1.165) is 18.9 Å². The maximum atomic E-state index is 13.5. The van der Waals surface area contributed by atoms with Gasteiger partial charge < -0.3 is 10.2 Å². The number of benzene rings is 1. The second kappa shape index (κ2) is 8.22. The van der Waals surface area contributed by atoms with Crippen LogP contribution in [0.1, 0.15) is 29.9 Å². The Morgan fingerprint density at radius 3 is 2.48 bits per heavy atom. The fourth-order valence-corrected chi connectivity index (χ4v) is 2.26. The minimum absolute atomic E-state index is 0.259. The van der Waals surface area contributed by atoms with Crippen molar-refractivity contribution >= 4 is 11.7 Å². The van der Waals surface area contributed by atoms with Gasteiger partial charge in [-0.3, -0.25) is 4.79 Å². The summed E-state index contributed by atoms with van der Waals surface area (Å²) in [5.41, 5.74) is 0.838. The van der Waals surface area contributed by atoms with Crippen LogP contribution in [0.4, 0.5) is 10.2 Å². The zero-order valence-electron chi connectivity index (χ0n) is 13.4. The topological polar surface area (TPSA) is 58.1 Å². The van der Waals surface area contributed by atoms with Crippen molar-refractivity contribution in [1.29, 1.82) is 0 Å². The summed E-state index contributed by atoms with van der Waals surface area (Å²) in [6.45, 7) is 6.08. The number of aromatic nitrogens is 2. The van der Waals surface area contributed by atoms with Crippen LogP contribution in [0.3, 0.4) is 0 Å². The molecule has 0 fully saturated rings. The average molecular weight is 316 g/mol. The first-order valence-corrected chi connectivity index (χ1v) is 7.76. The molecule has 1 heterocycles. The lowest BCUT2D eigenvalue weighted by molar-refractivity contribution is 0.0948. The van der Waals surface area contributed by atoms with Crippen LogP contribution >= 0.6 is 0 Å². The van der Waals surface area contributed by atoms with Crippen molar-refractivity contribution in [3.05, 3.63) is 53.5 Å². The second-order valence-electron chi connectivity index (χ2n) is 5.05. The fraction of sp³-hybridized carbons (Fsp3) is 0.353. The third-order valence-electron chi connectivity index (χ3n) is 3.61. The molecule has 1 aromatic carbocycles. The van der Waals surface area contributed by atoms with Crippen molar-refractivity contribution in [3.63, 3.8) is 0 Å². The Labute approximate surface area is 135 Å². The van der Waals surface area contributed by atoms with E-state index in [9.17, 15) is 9.18 Å². The summed E-state index contributed by atoms with van der Waals surface area (Å²) in [5.74, 6) is 0.183. The third kappa shape index (κ3) is 4.48. The van der Waals surface area contributed by atoms with E-state index in [1.54, 1.807) is 30.3 Å². The quantitative estimate of drug-likeness (QED) is 0.852. The van der Waals surface area contributed by atoms with Gasteiger partial charge in [0.25, 0.3) is 5.91 Å². The maximum absolute atomic E-state index is 13.5. The highest BCUT2D eigenvalue weighted by atomic mass is 19.1. The van der Waals surface area contributed by atoms with Crippen molar-refractivity contribution in [2.45, 2.75) is 20.3 Å². The van der Waals surface area contributed by atoms with Crippen LogP contribution in [0.2, 0.25) is 0 Å². The zero-order chi connectivity index (χ0) is 16.7. The van der Waals surface area contributed by atoms with Gasteiger partial charge in [0.15, 0.2) is 11.5 Å². The first-order chi connectivity index (χ1) is 11.2. The van der Waals surface area contributed by atoms with E-state index < -0.39 is 0 Å². The standard InChI is InChI=1S/C17H21FN4O/c1-3-22(4-2)16-10-9-15(20-21-16)17(23)19-12-11-13-7-5-6-8-14(13)18/h5-10H,3-4,11-12H2,1-2H3,(H,19,23). The Morgan fingerprint density at radius 1 is 1.13 bits per heavy atom. The van der Waals surface area contributed by atoms with Crippen molar-refractivity contribution < 1.29 is 9.18 Å². The van der Waals surface area contributed by atoms with Gasteiger partial charge in [-0.25, -0.2) is 4.39 Å².